The van der Waals surface area contributed by atoms with Gasteiger partial charge in [-0.25, -0.2) is 0 Å². The van der Waals surface area contributed by atoms with Gasteiger partial charge in [0.1, 0.15) is 5.75 Å². The molecule has 0 aliphatic heterocycles. The minimum absolute atomic E-state index is 0.0560. The molecule has 0 aliphatic rings. The van der Waals surface area contributed by atoms with E-state index in [1.54, 1.807) is 7.11 Å². The molecule has 0 spiro atoms. The molecule has 0 saturated carbocycles. The molecular formula is C16H26O2. The lowest BCUT2D eigenvalue weighted by atomic mass is 9.83. The highest BCUT2D eigenvalue weighted by Gasteiger charge is 2.21. The first-order chi connectivity index (χ1) is 8.25. The lowest BCUT2D eigenvalue weighted by Gasteiger charge is -2.24. The molecule has 1 aromatic carbocycles. The van der Waals surface area contributed by atoms with Crippen LogP contribution in [0.25, 0.3) is 0 Å². The summed E-state index contributed by atoms with van der Waals surface area (Å²) in [5.74, 6) is 0.984. The molecule has 1 N–H and O–H groups in total. The van der Waals surface area contributed by atoms with Gasteiger partial charge in [0.25, 0.3) is 0 Å². The topological polar surface area (TPSA) is 29.5 Å². The van der Waals surface area contributed by atoms with E-state index in [9.17, 15) is 5.11 Å². The molecule has 2 nitrogen and oxygen atoms in total. The van der Waals surface area contributed by atoms with Gasteiger partial charge in [0.2, 0.25) is 0 Å². The van der Waals surface area contributed by atoms with E-state index in [1.165, 1.54) is 0 Å². The third-order valence-corrected chi connectivity index (χ3v) is 3.00. The van der Waals surface area contributed by atoms with Gasteiger partial charge in [0.15, 0.2) is 0 Å². The molecular weight excluding hydrogens is 224 g/mol. The number of methoxy groups -OCH3 is 1. The van der Waals surface area contributed by atoms with Crippen LogP contribution in [0.3, 0.4) is 0 Å². The van der Waals surface area contributed by atoms with Gasteiger partial charge in [-0.3, -0.25) is 0 Å². The van der Waals surface area contributed by atoms with Gasteiger partial charge in [0, 0.05) is 7.11 Å². The summed E-state index contributed by atoms with van der Waals surface area (Å²) < 4.78 is 5.21. The van der Waals surface area contributed by atoms with E-state index in [2.05, 4.69) is 46.8 Å². The van der Waals surface area contributed by atoms with Gasteiger partial charge in [-0.15, -0.1) is 0 Å². The molecule has 0 unspecified atom stereocenters. The molecule has 1 rings (SSSR count). The van der Waals surface area contributed by atoms with Crippen LogP contribution in [0.4, 0.5) is 0 Å². The Morgan fingerprint density at radius 1 is 1.22 bits per heavy atom. The number of hydrogen-bond donors (Lipinski definition) is 1. The van der Waals surface area contributed by atoms with Gasteiger partial charge in [-0.2, -0.15) is 0 Å². The Hall–Kier alpha value is -1.02. The quantitative estimate of drug-likeness (QED) is 0.874. The molecule has 0 saturated heterocycles. The van der Waals surface area contributed by atoms with Crippen molar-refractivity contribution in [3.63, 3.8) is 0 Å². The van der Waals surface area contributed by atoms with Gasteiger partial charge in [0.05, 0.1) is 6.61 Å². The molecule has 0 fully saturated rings. The fourth-order valence-electron chi connectivity index (χ4n) is 2.18. The van der Waals surface area contributed by atoms with Gasteiger partial charge < -0.3 is 9.84 Å². The molecule has 102 valence electrons. The first-order valence-corrected chi connectivity index (χ1v) is 6.60. The average molecular weight is 250 g/mol. The lowest BCUT2D eigenvalue weighted by Crippen LogP contribution is -2.13. The summed E-state index contributed by atoms with van der Waals surface area (Å²) in [4.78, 5) is 0. The Labute approximate surface area is 111 Å². The largest absolute Gasteiger partial charge is 0.507 e. The minimum atomic E-state index is -0.0560. The van der Waals surface area contributed by atoms with Crippen molar-refractivity contribution in [2.24, 2.45) is 5.92 Å². The summed E-state index contributed by atoms with van der Waals surface area (Å²) in [5, 5.41) is 10.4. The molecule has 2 heteroatoms. The maximum atomic E-state index is 10.4. The summed E-state index contributed by atoms with van der Waals surface area (Å²) in [6.07, 6.45) is 0.895. The Balaban J connectivity index is 3.28. The van der Waals surface area contributed by atoms with Crippen molar-refractivity contribution in [1.82, 2.24) is 0 Å². The standard InChI is InChI=1S/C16H26O2/c1-11(2)7-13-8-12(10-18-6)9-14(15(13)17)16(3,4)5/h8-9,11,17H,7,10H2,1-6H3. The normalized spacial score (nSPS) is 12.2. The Kier molecular flexibility index (Phi) is 4.80. The van der Waals surface area contributed by atoms with Crippen LogP contribution in [0, 0.1) is 5.92 Å². The van der Waals surface area contributed by atoms with Crippen LogP contribution in [0.2, 0.25) is 0 Å². The van der Waals surface area contributed by atoms with Crippen molar-refractivity contribution >= 4 is 0 Å². The van der Waals surface area contributed by atoms with Crippen LogP contribution in [0.15, 0.2) is 12.1 Å². The second kappa shape index (κ2) is 5.75. The van der Waals surface area contributed by atoms with E-state index in [0.717, 1.165) is 23.1 Å². The number of benzene rings is 1. The molecule has 18 heavy (non-hydrogen) atoms. The Bertz CT molecular complexity index is 400. The highest BCUT2D eigenvalue weighted by atomic mass is 16.5. The van der Waals surface area contributed by atoms with E-state index >= 15 is 0 Å². The maximum absolute atomic E-state index is 10.4. The first-order valence-electron chi connectivity index (χ1n) is 6.60. The Morgan fingerprint density at radius 2 is 1.83 bits per heavy atom. The maximum Gasteiger partial charge on any atom is 0.122 e. The van der Waals surface area contributed by atoms with Gasteiger partial charge in [-0.1, -0.05) is 34.6 Å². The van der Waals surface area contributed by atoms with Crippen molar-refractivity contribution in [1.29, 1.82) is 0 Å². The van der Waals surface area contributed by atoms with E-state index < -0.39 is 0 Å². The van der Waals surface area contributed by atoms with Gasteiger partial charge >= 0.3 is 0 Å². The fraction of sp³-hybridized carbons (Fsp3) is 0.625. The number of phenols is 1. The van der Waals surface area contributed by atoms with E-state index in [-0.39, 0.29) is 5.41 Å². The summed E-state index contributed by atoms with van der Waals surface area (Å²) in [7, 11) is 1.70. The molecule has 0 aliphatic carbocycles. The van der Waals surface area contributed by atoms with Crippen LogP contribution in [0.5, 0.6) is 5.75 Å². The van der Waals surface area contributed by atoms with Gasteiger partial charge in [-0.05, 0) is 46.6 Å². The zero-order valence-corrected chi connectivity index (χ0v) is 12.5. The summed E-state index contributed by atoms with van der Waals surface area (Å²) in [5.41, 5.74) is 3.12. The molecule has 0 heterocycles. The van der Waals surface area contributed by atoms with Crippen LogP contribution in [0.1, 0.15) is 51.3 Å². The molecule has 0 radical (unpaired) electrons. The van der Waals surface area contributed by atoms with Crippen molar-refractivity contribution in [2.45, 2.75) is 53.1 Å². The third kappa shape index (κ3) is 3.74. The molecule has 0 bridgehead atoms. The fourth-order valence-corrected chi connectivity index (χ4v) is 2.18. The predicted octanol–water partition coefficient (Wildman–Crippen LogP) is 4.03. The van der Waals surface area contributed by atoms with Crippen LogP contribution >= 0.6 is 0 Å². The minimum Gasteiger partial charge on any atom is -0.507 e. The highest BCUT2D eigenvalue weighted by molar-refractivity contribution is 5.47. The highest BCUT2D eigenvalue weighted by Crippen LogP contribution is 2.35. The first kappa shape index (κ1) is 15.0. The van der Waals surface area contributed by atoms with E-state index in [4.69, 9.17) is 4.74 Å². The summed E-state index contributed by atoms with van der Waals surface area (Å²) >= 11 is 0. The van der Waals surface area contributed by atoms with E-state index in [0.29, 0.717) is 18.3 Å². The zero-order valence-electron chi connectivity index (χ0n) is 12.5. The average Bonchev–Trinajstić information content (AvgIpc) is 2.20. The number of aromatic hydroxyl groups is 1. The number of phenolic OH excluding ortho intramolecular Hbond substituents is 1. The Morgan fingerprint density at radius 3 is 2.28 bits per heavy atom. The van der Waals surface area contributed by atoms with Crippen molar-refractivity contribution in [2.75, 3.05) is 7.11 Å². The summed E-state index contributed by atoms with van der Waals surface area (Å²) in [6.45, 7) is 11.3. The van der Waals surface area contributed by atoms with Crippen molar-refractivity contribution in [3.8, 4) is 5.75 Å². The lowest BCUT2D eigenvalue weighted by molar-refractivity contribution is 0.184. The number of hydrogen-bond acceptors (Lipinski definition) is 2. The molecule has 1 aromatic rings. The van der Waals surface area contributed by atoms with Crippen LogP contribution in [-0.2, 0) is 23.2 Å². The molecule has 0 aromatic heterocycles. The smallest absolute Gasteiger partial charge is 0.122 e. The monoisotopic (exact) mass is 250 g/mol. The van der Waals surface area contributed by atoms with Crippen molar-refractivity contribution in [3.05, 3.63) is 28.8 Å². The second-order valence-corrected chi connectivity index (χ2v) is 6.43. The molecule has 0 amide bonds. The molecule has 0 atom stereocenters. The number of ether oxygens (including phenoxy) is 1. The zero-order chi connectivity index (χ0) is 13.9. The predicted molar refractivity (Wildman–Crippen MR) is 76.1 cm³/mol. The summed E-state index contributed by atoms with van der Waals surface area (Å²) in [6, 6.07) is 4.12. The third-order valence-electron chi connectivity index (χ3n) is 3.00. The van der Waals surface area contributed by atoms with Crippen molar-refractivity contribution < 1.29 is 9.84 Å². The van der Waals surface area contributed by atoms with E-state index in [1.807, 2.05) is 0 Å². The second-order valence-electron chi connectivity index (χ2n) is 6.43. The SMILES string of the molecule is COCc1cc(CC(C)C)c(O)c(C(C)(C)C)c1. The van der Waals surface area contributed by atoms with Crippen LogP contribution < -0.4 is 0 Å². The number of rotatable bonds is 4. The van der Waals surface area contributed by atoms with Crippen LogP contribution in [-0.4, -0.2) is 12.2 Å².